The summed E-state index contributed by atoms with van der Waals surface area (Å²) in [6, 6.07) is 25.6. The Bertz CT molecular complexity index is 3460. The van der Waals surface area contributed by atoms with Crippen molar-refractivity contribution in [3.8, 4) is 0 Å². The number of carbonyl (C=O) groups excluding carboxylic acids is 3. The fourth-order valence-electron chi connectivity index (χ4n) is 9.58. The number of amides is 3. The smallest absolute Gasteiger partial charge is 0.254 e. The van der Waals surface area contributed by atoms with Gasteiger partial charge in [-0.15, -0.1) is 0 Å². The first kappa shape index (κ1) is 53.6. The molecule has 2 fully saturated rings. The van der Waals surface area contributed by atoms with Gasteiger partial charge < -0.3 is 64.2 Å². The molecule has 1 saturated carbocycles. The van der Waals surface area contributed by atoms with E-state index >= 15 is 0 Å². The van der Waals surface area contributed by atoms with Gasteiger partial charge in [0, 0.05) is 109 Å². The number of hydrogen-bond donors (Lipinski definition) is 11. The fraction of sp³-hybridized carbons (Fsp3) is 0.291. The van der Waals surface area contributed by atoms with Gasteiger partial charge in [-0.2, -0.15) is 9.97 Å². The van der Waals surface area contributed by atoms with Crippen molar-refractivity contribution in [3.05, 3.63) is 138 Å². The molecule has 78 heavy (non-hydrogen) atoms. The minimum absolute atomic E-state index is 0.0728. The normalized spacial score (nSPS) is 17.4. The van der Waals surface area contributed by atoms with E-state index in [0.717, 1.165) is 83.9 Å². The lowest BCUT2D eigenvalue weighted by Gasteiger charge is -2.28. The van der Waals surface area contributed by atoms with Crippen LogP contribution in [0, 0.1) is 12.8 Å². The third-order valence-corrected chi connectivity index (χ3v) is 13.6. The van der Waals surface area contributed by atoms with Crippen LogP contribution in [0.2, 0.25) is 0 Å². The number of anilines is 9. The highest BCUT2D eigenvalue weighted by Crippen LogP contribution is 2.32. The van der Waals surface area contributed by atoms with Crippen LogP contribution >= 0.6 is 0 Å². The average Bonchev–Trinajstić information content (AvgIpc) is 4.11. The lowest BCUT2D eigenvalue weighted by atomic mass is 10.0. The molecule has 0 unspecified atom stereocenters. The van der Waals surface area contributed by atoms with Crippen LogP contribution < -0.4 is 54.0 Å². The summed E-state index contributed by atoms with van der Waals surface area (Å²) in [7, 11) is 2.10. The molecule has 0 radical (unpaired) electrons. The zero-order valence-corrected chi connectivity index (χ0v) is 43.1. The van der Waals surface area contributed by atoms with Crippen molar-refractivity contribution in [2.45, 2.75) is 63.6 Å². The molecule has 4 atom stereocenters. The van der Waals surface area contributed by atoms with Crippen molar-refractivity contribution in [2.75, 3.05) is 64.8 Å². The Morgan fingerprint density at radius 2 is 1.18 bits per heavy atom. The van der Waals surface area contributed by atoms with E-state index < -0.39 is 17.7 Å². The molecule has 1 aliphatic carbocycles. The van der Waals surface area contributed by atoms with Crippen LogP contribution in [0.1, 0.15) is 74.6 Å². The quantitative estimate of drug-likeness (QED) is 0.0608. The van der Waals surface area contributed by atoms with E-state index in [-0.39, 0.29) is 48.0 Å². The topological polar surface area (TPSA) is 348 Å². The van der Waals surface area contributed by atoms with Gasteiger partial charge in [-0.05, 0) is 124 Å². The first-order chi connectivity index (χ1) is 37.8. The van der Waals surface area contributed by atoms with Crippen LogP contribution in [-0.4, -0.2) is 119 Å². The molecule has 3 aromatic carbocycles. The van der Waals surface area contributed by atoms with Gasteiger partial charge in [0.1, 0.15) is 40.0 Å². The second-order valence-corrected chi connectivity index (χ2v) is 19.3. The molecular weight excluding hydrogens is 993 g/mol. The van der Waals surface area contributed by atoms with Crippen LogP contribution in [0.5, 0.6) is 0 Å². The number of primary amides is 3. The molecule has 5 aromatic heterocycles. The summed E-state index contributed by atoms with van der Waals surface area (Å²) in [5, 5.41) is 39.8. The maximum atomic E-state index is 11.9. The van der Waals surface area contributed by atoms with Gasteiger partial charge in [0.05, 0.1) is 17.6 Å². The van der Waals surface area contributed by atoms with Crippen LogP contribution in [0.25, 0.3) is 21.8 Å². The zero-order chi connectivity index (χ0) is 54.7. The summed E-state index contributed by atoms with van der Waals surface area (Å²) in [5.41, 5.74) is 23.8. The van der Waals surface area contributed by atoms with Gasteiger partial charge in [-0.3, -0.25) is 24.4 Å². The van der Waals surface area contributed by atoms with E-state index in [1.807, 2.05) is 66.7 Å². The number of fused-ring (bicyclic) bond motifs is 3. The van der Waals surface area contributed by atoms with Crippen LogP contribution in [0.3, 0.4) is 0 Å². The molecule has 1 saturated heterocycles. The molecule has 3 amide bonds. The van der Waals surface area contributed by atoms with E-state index in [1.54, 1.807) is 19.3 Å². The Morgan fingerprint density at radius 3 is 1.72 bits per heavy atom. The first-order valence-corrected chi connectivity index (χ1v) is 25.6. The van der Waals surface area contributed by atoms with Gasteiger partial charge >= 0.3 is 0 Å². The SMILES string of the molecule is CN1CCCc2cc(Nc3nc(N[C@H]4CN[C@@H](CO)C4)ncc3C(N)=O)ccc21.Cc1ncc(C(N)=O)c(Nc2ccc3ncccc3c2)n1.NC(=O)c1cnc(N[C@H]2CC[C@@H](CO)C2)nc1Nc1ccc2ncccc2c1. The lowest BCUT2D eigenvalue weighted by molar-refractivity contribution is 0.0992. The molecule has 3 aliphatic rings. The Kier molecular flexibility index (Phi) is 16.9. The number of pyridine rings is 2. The summed E-state index contributed by atoms with van der Waals surface area (Å²) in [6.07, 6.45) is 13.5. The number of aliphatic hydroxyl groups is 2. The number of aromatic nitrogens is 8. The Balaban J connectivity index is 0.000000144. The van der Waals surface area contributed by atoms with Crippen molar-refractivity contribution in [1.82, 2.24) is 45.2 Å². The Morgan fingerprint density at radius 1 is 0.641 bits per heavy atom. The number of nitrogens with one attached hydrogen (secondary N) is 6. The van der Waals surface area contributed by atoms with Gasteiger partial charge in [-0.25, -0.2) is 19.9 Å². The number of rotatable bonds is 15. The van der Waals surface area contributed by atoms with Gasteiger partial charge in [0.2, 0.25) is 11.9 Å². The predicted octanol–water partition coefficient (Wildman–Crippen LogP) is 5.45. The second-order valence-electron chi connectivity index (χ2n) is 19.3. The Labute approximate surface area is 449 Å². The van der Waals surface area contributed by atoms with E-state index in [4.69, 9.17) is 17.2 Å². The number of carbonyl (C=O) groups is 3. The highest BCUT2D eigenvalue weighted by atomic mass is 16.3. The predicted molar refractivity (Wildman–Crippen MR) is 300 cm³/mol. The molecule has 2 aliphatic heterocycles. The molecule has 23 heteroatoms. The molecule has 0 bridgehead atoms. The second kappa shape index (κ2) is 24.7. The summed E-state index contributed by atoms with van der Waals surface area (Å²) >= 11 is 0. The van der Waals surface area contributed by atoms with Crippen molar-refractivity contribution in [3.63, 3.8) is 0 Å². The molecule has 23 nitrogen and oxygen atoms in total. The van der Waals surface area contributed by atoms with Gasteiger partial charge in [-0.1, -0.05) is 12.1 Å². The fourth-order valence-corrected chi connectivity index (χ4v) is 9.58. The standard InChI is InChI=1S/C20H27N7O2.C20H22N6O2.C15H13N5O/c1-27-6-2-3-12-7-13(4-5-17(12)27)24-19-16(18(21)29)10-23-20(26-19)25-14-8-15(11-28)22-9-14;21-18(28)16-10-23-20(25-14-4-3-12(8-14)11-27)26-19(16)24-15-5-6-17-13(9-15)2-1-7-22-17;1-9-18-8-12(14(16)21)15(19-9)20-11-4-5-13-10(7-11)3-2-6-17-13/h4-5,7,10,14-15,22,28H,2-3,6,8-9,11H2,1H3,(H2,21,29)(H2,23,24,25,26);1-2,5-7,9-10,12,14,27H,3-4,8,11H2,(H2,21,28)(H2,23,24,25,26);2-8H,1H3,(H2,16,21)(H,18,19,20)/t14-,15-;12-,14+;/m11./s1. The third-order valence-electron chi connectivity index (χ3n) is 13.6. The van der Waals surface area contributed by atoms with Crippen LogP contribution in [-0.2, 0) is 6.42 Å². The van der Waals surface area contributed by atoms with Gasteiger partial charge in [0.25, 0.3) is 17.7 Å². The molecule has 8 aromatic rings. The van der Waals surface area contributed by atoms with Crippen LogP contribution in [0.4, 0.5) is 52.1 Å². The number of nitrogens with zero attached hydrogens (tertiary/aromatic N) is 9. The number of nitrogens with two attached hydrogens (primary N) is 3. The molecule has 0 spiro atoms. The monoisotopic (exact) mass is 1050 g/mol. The van der Waals surface area contributed by atoms with E-state index in [2.05, 4.69) is 95.9 Å². The molecule has 7 heterocycles. The van der Waals surface area contributed by atoms with Crippen molar-refractivity contribution < 1.29 is 24.6 Å². The summed E-state index contributed by atoms with van der Waals surface area (Å²) in [4.78, 5) is 71.6. The summed E-state index contributed by atoms with van der Waals surface area (Å²) in [5.74, 6) is 1.10. The number of aliphatic hydroxyl groups excluding tert-OH is 2. The minimum atomic E-state index is -0.599. The molecule has 402 valence electrons. The van der Waals surface area contributed by atoms with E-state index in [9.17, 15) is 24.6 Å². The maximum absolute atomic E-state index is 11.9. The maximum Gasteiger partial charge on any atom is 0.254 e. The van der Waals surface area contributed by atoms with Crippen molar-refractivity contribution >= 4 is 91.6 Å². The van der Waals surface area contributed by atoms with Crippen LogP contribution in [0.15, 0.2) is 110 Å². The summed E-state index contributed by atoms with van der Waals surface area (Å²) < 4.78 is 0. The Hall–Kier alpha value is -9.19. The van der Waals surface area contributed by atoms with Crippen molar-refractivity contribution in [2.24, 2.45) is 23.1 Å². The largest absolute Gasteiger partial charge is 0.396 e. The zero-order valence-electron chi connectivity index (χ0n) is 43.1. The number of hydrogen-bond acceptors (Lipinski definition) is 20. The lowest BCUT2D eigenvalue weighted by Crippen LogP contribution is -2.25. The van der Waals surface area contributed by atoms with E-state index in [0.29, 0.717) is 47.6 Å². The van der Waals surface area contributed by atoms with E-state index in [1.165, 1.54) is 29.8 Å². The molecular formula is C55H62N18O5. The highest BCUT2D eigenvalue weighted by molar-refractivity contribution is 6.00. The minimum Gasteiger partial charge on any atom is -0.396 e. The number of aryl methyl sites for hydroxylation is 2. The third kappa shape index (κ3) is 13.4. The summed E-state index contributed by atoms with van der Waals surface area (Å²) in [6.45, 7) is 3.82. The highest BCUT2D eigenvalue weighted by Gasteiger charge is 2.26. The number of benzene rings is 3. The average molecular weight is 1060 g/mol. The van der Waals surface area contributed by atoms with Gasteiger partial charge in [0.15, 0.2) is 0 Å². The molecule has 14 N–H and O–H groups in total. The van der Waals surface area contributed by atoms with Crippen molar-refractivity contribution in [1.29, 1.82) is 0 Å². The first-order valence-electron chi connectivity index (χ1n) is 25.6. The molecule has 11 rings (SSSR count).